The molecule has 1 aromatic carbocycles. The Hall–Kier alpha value is -1.39. The van der Waals surface area contributed by atoms with Crippen LogP contribution in [0, 0.1) is 5.82 Å². The number of nitrogens with one attached hydrogen (secondary N) is 1. The zero-order chi connectivity index (χ0) is 15.6. The molecule has 0 fully saturated rings. The van der Waals surface area contributed by atoms with Crippen molar-refractivity contribution in [2.75, 3.05) is 20.1 Å². The van der Waals surface area contributed by atoms with E-state index in [1.54, 1.807) is 6.07 Å². The van der Waals surface area contributed by atoms with Crippen LogP contribution in [0.1, 0.15) is 39.5 Å². The van der Waals surface area contributed by atoms with Gasteiger partial charge in [-0.15, -0.1) is 0 Å². The Morgan fingerprint density at radius 2 is 1.95 bits per heavy atom. The van der Waals surface area contributed by atoms with E-state index in [0.29, 0.717) is 5.58 Å². The maximum atomic E-state index is 13.8. The van der Waals surface area contributed by atoms with Gasteiger partial charge in [-0.3, -0.25) is 4.90 Å². The standard InChI is InChI=1S/C17H25FN2O/c1-6-20(7-2)17(3,4)16(19-5)14-11-12-9-8-10-13(18)15(12)21-14/h8-11,16,19H,6-7H2,1-5H3. The maximum Gasteiger partial charge on any atom is 0.169 e. The van der Waals surface area contributed by atoms with E-state index in [9.17, 15) is 4.39 Å². The van der Waals surface area contributed by atoms with Crippen molar-refractivity contribution >= 4 is 11.0 Å². The van der Waals surface area contributed by atoms with Gasteiger partial charge in [-0.05, 0) is 46.1 Å². The van der Waals surface area contributed by atoms with E-state index in [4.69, 9.17) is 4.42 Å². The number of furan rings is 1. The molecule has 2 rings (SSSR count). The van der Waals surface area contributed by atoms with Crippen LogP contribution in [0.2, 0.25) is 0 Å². The quantitative estimate of drug-likeness (QED) is 0.873. The molecule has 0 aliphatic carbocycles. The van der Waals surface area contributed by atoms with Crippen molar-refractivity contribution in [3.8, 4) is 0 Å². The van der Waals surface area contributed by atoms with Crippen molar-refractivity contribution in [1.29, 1.82) is 0 Å². The largest absolute Gasteiger partial charge is 0.456 e. The summed E-state index contributed by atoms with van der Waals surface area (Å²) >= 11 is 0. The van der Waals surface area contributed by atoms with E-state index < -0.39 is 0 Å². The molecule has 3 nitrogen and oxygen atoms in total. The number of likely N-dealkylation sites (N-methyl/N-ethyl adjacent to an activating group) is 2. The molecule has 1 heterocycles. The zero-order valence-electron chi connectivity index (χ0n) is 13.5. The van der Waals surface area contributed by atoms with Crippen LogP contribution in [0.25, 0.3) is 11.0 Å². The molecule has 1 atom stereocenters. The Bertz CT molecular complexity index is 602. The molecule has 2 aromatic rings. The van der Waals surface area contributed by atoms with Crippen molar-refractivity contribution in [2.24, 2.45) is 0 Å². The van der Waals surface area contributed by atoms with Crippen molar-refractivity contribution < 1.29 is 8.81 Å². The van der Waals surface area contributed by atoms with Gasteiger partial charge in [0.25, 0.3) is 0 Å². The van der Waals surface area contributed by atoms with Gasteiger partial charge >= 0.3 is 0 Å². The van der Waals surface area contributed by atoms with Gasteiger partial charge < -0.3 is 9.73 Å². The Labute approximate surface area is 126 Å². The molecule has 21 heavy (non-hydrogen) atoms. The molecular formula is C17H25FN2O. The summed E-state index contributed by atoms with van der Waals surface area (Å²) in [5.74, 6) is 0.462. The van der Waals surface area contributed by atoms with Crippen molar-refractivity contribution in [3.63, 3.8) is 0 Å². The predicted octanol–water partition coefficient (Wildman–Crippen LogP) is 3.95. The van der Waals surface area contributed by atoms with Gasteiger partial charge in [-0.25, -0.2) is 4.39 Å². The highest BCUT2D eigenvalue weighted by Gasteiger charge is 2.36. The van der Waals surface area contributed by atoms with Gasteiger partial charge in [0.1, 0.15) is 5.76 Å². The number of fused-ring (bicyclic) bond motifs is 1. The average molecular weight is 292 g/mol. The lowest BCUT2D eigenvalue weighted by Gasteiger charge is -2.42. The molecule has 0 aliphatic heterocycles. The number of halogens is 1. The third-order valence-corrected chi connectivity index (χ3v) is 4.37. The predicted molar refractivity (Wildman–Crippen MR) is 85.0 cm³/mol. The number of rotatable bonds is 6. The van der Waals surface area contributed by atoms with Crippen molar-refractivity contribution in [3.05, 3.63) is 35.8 Å². The topological polar surface area (TPSA) is 28.4 Å². The van der Waals surface area contributed by atoms with Gasteiger partial charge in [0.05, 0.1) is 6.04 Å². The third kappa shape index (κ3) is 2.83. The molecule has 0 bridgehead atoms. The molecular weight excluding hydrogens is 267 g/mol. The summed E-state index contributed by atoms with van der Waals surface area (Å²) in [5.41, 5.74) is 0.200. The van der Waals surface area contributed by atoms with Crippen LogP contribution in [0.5, 0.6) is 0 Å². The highest BCUT2D eigenvalue weighted by Crippen LogP contribution is 2.34. The van der Waals surface area contributed by atoms with Gasteiger partial charge in [0.2, 0.25) is 0 Å². The minimum atomic E-state index is -0.311. The lowest BCUT2D eigenvalue weighted by molar-refractivity contribution is 0.0860. The Kier molecular flexibility index (Phi) is 4.69. The van der Waals surface area contributed by atoms with Crippen LogP contribution in [-0.2, 0) is 0 Å². The van der Waals surface area contributed by atoms with Gasteiger partial charge in [0.15, 0.2) is 11.4 Å². The van der Waals surface area contributed by atoms with E-state index in [1.807, 2.05) is 19.2 Å². The second-order valence-corrected chi connectivity index (χ2v) is 5.85. The molecule has 1 unspecified atom stereocenters. The summed E-state index contributed by atoms with van der Waals surface area (Å²) in [7, 11) is 1.92. The lowest BCUT2D eigenvalue weighted by atomic mass is 9.90. The Morgan fingerprint density at radius 3 is 2.48 bits per heavy atom. The second kappa shape index (κ2) is 6.16. The number of benzene rings is 1. The molecule has 0 saturated heterocycles. The van der Waals surface area contributed by atoms with Crippen LogP contribution in [0.15, 0.2) is 28.7 Å². The fourth-order valence-electron chi connectivity index (χ4n) is 3.25. The minimum Gasteiger partial charge on any atom is -0.456 e. The second-order valence-electron chi connectivity index (χ2n) is 5.85. The fraction of sp³-hybridized carbons (Fsp3) is 0.529. The van der Waals surface area contributed by atoms with Crippen LogP contribution in [0.3, 0.4) is 0 Å². The van der Waals surface area contributed by atoms with Crippen LogP contribution < -0.4 is 5.32 Å². The molecule has 116 valence electrons. The van der Waals surface area contributed by atoms with Crippen LogP contribution >= 0.6 is 0 Å². The van der Waals surface area contributed by atoms with E-state index in [0.717, 1.165) is 24.2 Å². The van der Waals surface area contributed by atoms with E-state index in [-0.39, 0.29) is 17.4 Å². The van der Waals surface area contributed by atoms with Crippen molar-refractivity contribution in [1.82, 2.24) is 10.2 Å². The minimum absolute atomic E-state index is 0.0100. The summed E-state index contributed by atoms with van der Waals surface area (Å²) in [4.78, 5) is 2.37. The molecule has 4 heteroatoms. The van der Waals surface area contributed by atoms with Gasteiger partial charge in [-0.1, -0.05) is 26.0 Å². The molecule has 0 amide bonds. The molecule has 0 radical (unpaired) electrons. The van der Waals surface area contributed by atoms with Gasteiger partial charge in [0, 0.05) is 10.9 Å². The smallest absolute Gasteiger partial charge is 0.169 e. The first-order valence-corrected chi connectivity index (χ1v) is 7.55. The summed E-state index contributed by atoms with van der Waals surface area (Å²) in [6.07, 6.45) is 0. The first-order valence-electron chi connectivity index (χ1n) is 7.55. The normalized spacial score (nSPS) is 14.0. The monoisotopic (exact) mass is 292 g/mol. The Balaban J connectivity index is 2.46. The zero-order valence-corrected chi connectivity index (χ0v) is 13.5. The van der Waals surface area contributed by atoms with Crippen LogP contribution in [0.4, 0.5) is 4.39 Å². The molecule has 0 aliphatic rings. The van der Waals surface area contributed by atoms with Crippen molar-refractivity contribution in [2.45, 2.75) is 39.3 Å². The first-order chi connectivity index (χ1) is 9.95. The molecule has 0 spiro atoms. The first kappa shape index (κ1) is 16.0. The third-order valence-electron chi connectivity index (χ3n) is 4.37. The number of hydrogen-bond acceptors (Lipinski definition) is 3. The Morgan fingerprint density at radius 1 is 1.29 bits per heavy atom. The number of hydrogen-bond donors (Lipinski definition) is 1. The molecule has 1 aromatic heterocycles. The molecule has 0 saturated carbocycles. The van der Waals surface area contributed by atoms with Gasteiger partial charge in [-0.2, -0.15) is 0 Å². The fourth-order valence-corrected chi connectivity index (χ4v) is 3.25. The van der Waals surface area contributed by atoms with E-state index >= 15 is 0 Å². The highest BCUT2D eigenvalue weighted by molar-refractivity contribution is 5.78. The van der Waals surface area contributed by atoms with Crippen LogP contribution in [-0.4, -0.2) is 30.6 Å². The maximum absolute atomic E-state index is 13.8. The summed E-state index contributed by atoms with van der Waals surface area (Å²) in [6, 6.07) is 6.94. The molecule has 1 N–H and O–H groups in total. The average Bonchev–Trinajstić information content (AvgIpc) is 2.85. The summed E-state index contributed by atoms with van der Waals surface area (Å²) in [6.45, 7) is 10.6. The summed E-state index contributed by atoms with van der Waals surface area (Å²) in [5, 5.41) is 4.14. The number of nitrogens with zero attached hydrogens (tertiary/aromatic N) is 1. The van der Waals surface area contributed by atoms with E-state index in [1.165, 1.54) is 6.07 Å². The highest BCUT2D eigenvalue weighted by atomic mass is 19.1. The summed E-state index contributed by atoms with van der Waals surface area (Å²) < 4.78 is 19.6. The SMILES string of the molecule is CCN(CC)C(C)(C)C(NC)c1cc2cccc(F)c2o1. The van der Waals surface area contributed by atoms with E-state index in [2.05, 4.69) is 37.9 Å². The lowest BCUT2D eigenvalue weighted by Crippen LogP contribution is -2.51. The number of para-hydroxylation sites is 1.